The van der Waals surface area contributed by atoms with Crippen LogP contribution in [0.5, 0.6) is 0 Å². The standard InChI is InChI=1S/C18H19Cl3N2O2/c1-11(24)6-8-25-10-12-3-2-7-23(12)16-9-15(20)13-4-5-14(19)17(21)18(13)22-16/h4-5,9,12H,2-3,6-8,10H2,1H3/t12-/m0/s1. The lowest BCUT2D eigenvalue weighted by molar-refractivity contribution is -0.118. The summed E-state index contributed by atoms with van der Waals surface area (Å²) in [6.07, 6.45) is 2.52. The van der Waals surface area contributed by atoms with Crippen LogP contribution < -0.4 is 4.90 Å². The number of ether oxygens (including phenoxy) is 1. The van der Waals surface area contributed by atoms with Crippen LogP contribution in [0.1, 0.15) is 26.2 Å². The monoisotopic (exact) mass is 400 g/mol. The van der Waals surface area contributed by atoms with Gasteiger partial charge < -0.3 is 9.64 Å². The summed E-state index contributed by atoms with van der Waals surface area (Å²) in [5.74, 6) is 0.914. The van der Waals surface area contributed by atoms with Gasteiger partial charge in [0.05, 0.1) is 39.8 Å². The first-order chi connectivity index (χ1) is 12.0. The van der Waals surface area contributed by atoms with Crippen molar-refractivity contribution >= 4 is 57.3 Å². The number of carbonyl (C=O) groups excluding carboxylic acids is 1. The molecule has 1 aromatic heterocycles. The number of benzene rings is 1. The number of pyridine rings is 1. The molecule has 0 bridgehead atoms. The zero-order chi connectivity index (χ0) is 18.0. The summed E-state index contributed by atoms with van der Waals surface area (Å²) in [6.45, 7) is 3.47. The third kappa shape index (κ3) is 4.20. The largest absolute Gasteiger partial charge is 0.379 e. The average Bonchev–Trinajstić information content (AvgIpc) is 3.03. The Hall–Kier alpha value is -1.07. The van der Waals surface area contributed by atoms with Gasteiger partial charge in [0.1, 0.15) is 11.6 Å². The minimum atomic E-state index is 0.137. The Kier molecular flexibility index (Phi) is 6.05. The van der Waals surface area contributed by atoms with Crippen LogP contribution in [0, 0.1) is 0 Å². The third-order valence-electron chi connectivity index (χ3n) is 4.39. The number of nitrogens with zero attached hydrogens (tertiary/aromatic N) is 2. The number of hydrogen-bond donors (Lipinski definition) is 0. The summed E-state index contributed by atoms with van der Waals surface area (Å²) in [5.41, 5.74) is 0.611. The molecule has 2 aromatic rings. The highest BCUT2D eigenvalue weighted by molar-refractivity contribution is 6.46. The van der Waals surface area contributed by atoms with Gasteiger partial charge in [-0.1, -0.05) is 34.8 Å². The number of anilines is 1. The maximum atomic E-state index is 11.0. The van der Waals surface area contributed by atoms with E-state index in [0.29, 0.717) is 40.2 Å². The first-order valence-electron chi connectivity index (χ1n) is 8.25. The lowest BCUT2D eigenvalue weighted by Crippen LogP contribution is -2.34. The molecule has 0 unspecified atom stereocenters. The summed E-state index contributed by atoms with van der Waals surface area (Å²) < 4.78 is 5.67. The Morgan fingerprint density at radius 2 is 2.12 bits per heavy atom. The Labute approximate surface area is 162 Å². The molecule has 4 nitrogen and oxygen atoms in total. The molecular formula is C18H19Cl3N2O2. The van der Waals surface area contributed by atoms with Gasteiger partial charge in [-0.3, -0.25) is 4.79 Å². The second kappa shape index (κ2) is 8.09. The molecule has 7 heteroatoms. The summed E-state index contributed by atoms with van der Waals surface area (Å²) >= 11 is 18.9. The highest BCUT2D eigenvalue weighted by Gasteiger charge is 2.27. The number of fused-ring (bicyclic) bond motifs is 1. The van der Waals surface area contributed by atoms with Gasteiger partial charge in [-0.15, -0.1) is 0 Å². The van der Waals surface area contributed by atoms with E-state index in [1.165, 1.54) is 0 Å². The zero-order valence-corrected chi connectivity index (χ0v) is 16.2. The van der Waals surface area contributed by atoms with Crippen molar-refractivity contribution in [2.24, 2.45) is 0 Å². The van der Waals surface area contributed by atoms with E-state index in [4.69, 9.17) is 44.5 Å². The molecule has 1 aliphatic heterocycles. The van der Waals surface area contributed by atoms with Crippen molar-refractivity contribution < 1.29 is 9.53 Å². The normalized spacial score (nSPS) is 17.4. The lowest BCUT2D eigenvalue weighted by atomic mass is 10.2. The Morgan fingerprint density at radius 3 is 2.88 bits per heavy atom. The molecule has 0 N–H and O–H groups in total. The smallest absolute Gasteiger partial charge is 0.132 e. The molecule has 0 amide bonds. The van der Waals surface area contributed by atoms with Gasteiger partial charge in [0.25, 0.3) is 0 Å². The second-order valence-corrected chi connectivity index (χ2v) is 7.43. The van der Waals surface area contributed by atoms with Crippen LogP contribution in [-0.2, 0) is 9.53 Å². The van der Waals surface area contributed by atoms with Gasteiger partial charge in [0.2, 0.25) is 0 Å². The van der Waals surface area contributed by atoms with Crippen LogP contribution in [0.25, 0.3) is 10.9 Å². The van der Waals surface area contributed by atoms with Gasteiger partial charge >= 0.3 is 0 Å². The third-order valence-corrected chi connectivity index (χ3v) is 5.50. The first kappa shape index (κ1) is 18.7. The second-order valence-electron chi connectivity index (χ2n) is 6.24. The lowest BCUT2D eigenvalue weighted by Gasteiger charge is -2.26. The van der Waals surface area contributed by atoms with Crippen LogP contribution in [0.2, 0.25) is 15.1 Å². The highest BCUT2D eigenvalue weighted by atomic mass is 35.5. The van der Waals surface area contributed by atoms with E-state index in [0.717, 1.165) is 30.6 Å². The summed E-state index contributed by atoms with van der Waals surface area (Å²) in [4.78, 5) is 17.9. The first-order valence-corrected chi connectivity index (χ1v) is 9.39. The average molecular weight is 402 g/mol. The summed E-state index contributed by atoms with van der Waals surface area (Å²) in [5, 5.41) is 2.26. The fraction of sp³-hybridized carbons (Fsp3) is 0.444. The molecule has 3 rings (SSSR count). The van der Waals surface area contributed by atoms with Gasteiger partial charge in [0.15, 0.2) is 0 Å². The SMILES string of the molecule is CC(=O)CCOC[C@@H]1CCCN1c1cc(Cl)c2ccc(Cl)c(Cl)c2n1. The molecule has 0 spiro atoms. The van der Waals surface area contributed by atoms with Gasteiger partial charge in [0, 0.05) is 18.4 Å². The highest BCUT2D eigenvalue weighted by Crippen LogP contribution is 2.36. The molecule has 1 atom stereocenters. The van der Waals surface area contributed by atoms with E-state index in [-0.39, 0.29) is 11.8 Å². The molecule has 1 saturated heterocycles. The predicted molar refractivity (Wildman–Crippen MR) is 103 cm³/mol. The molecular weight excluding hydrogens is 383 g/mol. The van der Waals surface area contributed by atoms with E-state index < -0.39 is 0 Å². The topological polar surface area (TPSA) is 42.4 Å². The van der Waals surface area contributed by atoms with Crippen LogP contribution in [0.4, 0.5) is 5.82 Å². The molecule has 1 fully saturated rings. The quantitative estimate of drug-likeness (QED) is 0.627. The minimum Gasteiger partial charge on any atom is -0.379 e. The Morgan fingerprint density at radius 1 is 1.32 bits per heavy atom. The number of carbonyl (C=O) groups is 1. The fourth-order valence-electron chi connectivity index (χ4n) is 3.07. The van der Waals surface area contributed by atoms with Crippen molar-refractivity contribution in [3.05, 3.63) is 33.3 Å². The number of rotatable bonds is 6. The van der Waals surface area contributed by atoms with E-state index in [1.54, 1.807) is 13.0 Å². The number of Topliss-reactive ketones (excluding diaryl/α,β-unsaturated/α-hetero) is 1. The number of hydrogen-bond acceptors (Lipinski definition) is 4. The van der Waals surface area contributed by atoms with E-state index in [1.807, 2.05) is 12.1 Å². The van der Waals surface area contributed by atoms with Crippen molar-refractivity contribution in [3.8, 4) is 0 Å². The van der Waals surface area contributed by atoms with Crippen molar-refractivity contribution in [1.82, 2.24) is 4.98 Å². The molecule has 1 aliphatic rings. The maximum absolute atomic E-state index is 11.0. The van der Waals surface area contributed by atoms with Crippen LogP contribution in [0.15, 0.2) is 18.2 Å². The summed E-state index contributed by atoms with van der Waals surface area (Å²) in [6, 6.07) is 5.63. The van der Waals surface area contributed by atoms with Gasteiger partial charge in [-0.25, -0.2) is 4.98 Å². The molecule has 0 saturated carbocycles. The molecule has 25 heavy (non-hydrogen) atoms. The van der Waals surface area contributed by atoms with Crippen LogP contribution >= 0.6 is 34.8 Å². The predicted octanol–water partition coefficient (Wildman–Crippen LogP) is 5.16. The minimum absolute atomic E-state index is 0.137. The summed E-state index contributed by atoms with van der Waals surface area (Å²) in [7, 11) is 0. The van der Waals surface area contributed by atoms with E-state index >= 15 is 0 Å². The number of ketones is 1. The van der Waals surface area contributed by atoms with Crippen molar-refractivity contribution in [3.63, 3.8) is 0 Å². The van der Waals surface area contributed by atoms with Crippen molar-refractivity contribution in [1.29, 1.82) is 0 Å². The van der Waals surface area contributed by atoms with Gasteiger partial charge in [-0.05, 0) is 38.0 Å². The molecule has 134 valence electrons. The van der Waals surface area contributed by atoms with E-state index in [9.17, 15) is 4.79 Å². The molecule has 2 heterocycles. The maximum Gasteiger partial charge on any atom is 0.132 e. The van der Waals surface area contributed by atoms with Gasteiger partial charge in [-0.2, -0.15) is 0 Å². The number of aromatic nitrogens is 1. The molecule has 0 radical (unpaired) electrons. The molecule has 1 aromatic carbocycles. The molecule has 0 aliphatic carbocycles. The van der Waals surface area contributed by atoms with Crippen molar-refractivity contribution in [2.75, 3.05) is 24.7 Å². The Bertz CT molecular complexity index is 797. The zero-order valence-electron chi connectivity index (χ0n) is 13.9. The van der Waals surface area contributed by atoms with E-state index in [2.05, 4.69) is 4.90 Å². The van der Waals surface area contributed by atoms with Crippen molar-refractivity contribution in [2.45, 2.75) is 32.2 Å². The fourth-order valence-corrected chi connectivity index (χ4v) is 3.68. The van der Waals surface area contributed by atoms with Crippen LogP contribution in [0.3, 0.4) is 0 Å². The Balaban J connectivity index is 1.82. The number of halogens is 3. The van der Waals surface area contributed by atoms with Crippen LogP contribution in [-0.4, -0.2) is 36.6 Å².